The van der Waals surface area contributed by atoms with Gasteiger partial charge in [0.05, 0.1) is 17.3 Å². The molecule has 1 N–H and O–H groups in total. The molecule has 6 nitrogen and oxygen atoms in total. The van der Waals surface area contributed by atoms with Crippen molar-refractivity contribution in [2.45, 2.75) is 18.9 Å². The average Bonchev–Trinajstić information content (AvgIpc) is 3.36. The highest BCUT2D eigenvalue weighted by Gasteiger charge is 2.22. The summed E-state index contributed by atoms with van der Waals surface area (Å²) in [4.78, 5) is 13.7. The number of aromatic nitrogens is 4. The van der Waals surface area contributed by atoms with Crippen LogP contribution in [0.4, 0.5) is 11.5 Å². The molecule has 4 aromatic rings. The van der Waals surface area contributed by atoms with Crippen LogP contribution in [-0.2, 0) is 7.05 Å². The predicted octanol–water partition coefficient (Wildman–Crippen LogP) is 4.17. The van der Waals surface area contributed by atoms with Crippen LogP contribution in [0.1, 0.15) is 12.8 Å². The van der Waals surface area contributed by atoms with E-state index in [0.717, 1.165) is 42.0 Å². The summed E-state index contributed by atoms with van der Waals surface area (Å²) >= 11 is 1.71. The van der Waals surface area contributed by atoms with E-state index >= 15 is 0 Å². The minimum Gasteiger partial charge on any atom is -0.367 e. The van der Waals surface area contributed by atoms with E-state index in [4.69, 9.17) is 0 Å². The van der Waals surface area contributed by atoms with Crippen LogP contribution in [0.5, 0.6) is 0 Å². The molecule has 0 aliphatic carbocycles. The van der Waals surface area contributed by atoms with Crippen LogP contribution < -0.4 is 10.2 Å². The molecule has 0 radical (unpaired) electrons. The van der Waals surface area contributed by atoms with Crippen molar-refractivity contribution >= 4 is 33.1 Å². The summed E-state index contributed by atoms with van der Waals surface area (Å²) in [7, 11) is 1.96. The van der Waals surface area contributed by atoms with Crippen molar-refractivity contribution in [3.8, 4) is 10.4 Å². The van der Waals surface area contributed by atoms with E-state index in [1.54, 1.807) is 17.7 Å². The topological polar surface area (TPSA) is 58.9 Å². The molecule has 1 aliphatic rings. The summed E-state index contributed by atoms with van der Waals surface area (Å²) in [6.45, 7) is 2.02. The number of rotatable bonds is 4. The van der Waals surface area contributed by atoms with Crippen LogP contribution in [0, 0.1) is 0 Å². The Morgan fingerprint density at radius 2 is 2.07 bits per heavy atom. The zero-order valence-corrected chi connectivity index (χ0v) is 16.6. The summed E-state index contributed by atoms with van der Waals surface area (Å²) in [5.74, 6) is 0.932. The molecule has 1 atom stereocenters. The second-order valence-electron chi connectivity index (χ2n) is 7.22. The van der Waals surface area contributed by atoms with Crippen LogP contribution >= 0.6 is 11.3 Å². The van der Waals surface area contributed by atoms with Crippen molar-refractivity contribution in [2.75, 3.05) is 23.3 Å². The number of hydrogen-bond acceptors (Lipinski definition) is 6. The third-order valence-corrected chi connectivity index (χ3v) is 6.30. The van der Waals surface area contributed by atoms with Crippen LogP contribution in [0.3, 0.4) is 0 Å². The van der Waals surface area contributed by atoms with Crippen LogP contribution in [0.15, 0.2) is 55.1 Å². The number of piperidine rings is 1. The lowest BCUT2D eigenvalue weighted by atomic mass is 10.1. The molecule has 7 heteroatoms. The Bertz CT molecular complexity index is 1090. The molecule has 5 rings (SSSR count). The van der Waals surface area contributed by atoms with Gasteiger partial charge in [-0.1, -0.05) is 30.3 Å². The highest BCUT2D eigenvalue weighted by molar-refractivity contribution is 7.21. The standard InChI is InChI=1S/C21H22N6S/c1-26-13-17(11-24-26)27-9-5-8-16(12-27)25-20-18-10-19(15-6-3-2-4-7-15)28-21(18)23-14-22-20/h2-4,6-7,10-11,13-14,16H,5,8-9,12H2,1H3,(H,22,23,25). The number of nitrogens with one attached hydrogen (secondary N) is 1. The van der Waals surface area contributed by atoms with E-state index in [1.165, 1.54) is 16.1 Å². The summed E-state index contributed by atoms with van der Waals surface area (Å²) in [5, 5.41) is 9.09. The molecular weight excluding hydrogens is 368 g/mol. The van der Waals surface area contributed by atoms with Crippen molar-refractivity contribution < 1.29 is 0 Å². The van der Waals surface area contributed by atoms with Crippen molar-refractivity contribution in [3.63, 3.8) is 0 Å². The third kappa shape index (κ3) is 3.33. The van der Waals surface area contributed by atoms with Gasteiger partial charge in [-0.25, -0.2) is 9.97 Å². The van der Waals surface area contributed by atoms with Gasteiger partial charge in [0.1, 0.15) is 17.0 Å². The Morgan fingerprint density at radius 3 is 2.89 bits per heavy atom. The number of anilines is 2. The Balaban J connectivity index is 1.39. The van der Waals surface area contributed by atoms with Gasteiger partial charge in [-0.2, -0.15) is 5.10 Å². The third-order valence-electron chi connectivity index (χ3n) is 5.21. The Morgan fingerprint density at radius 1 is 1.18 bits per heavy atom. The highest BCUT2D eigenvalue weighted by atomic mass is 32.1. The van der Waals surface area contributed by atoms with Gasteiger partial charge in [-0.15, -0.1) is 11.3 Å². The van der Waals surface area contributed by atoms with E-state index in [9.17, 15) is 0 Å². The first-order valence-electron chi connectivity index (χ1n) is 9.56. The Hall–Kier alpha value is -2.93. The summed E-state index contributed by atoms with van der Waals surface area (Å²) in [6.07, 6.45) is 7.97. The Kier molecular flexibility index (Phi) is 4.44. The smallest absolute Gasteiger partial charge is 0.138 e. The maximum atomic E-state index is 4.56. The SMILES string of the molecule is Cn1cc(N2CCCC(Nc3ncnc4sc(-c5ccccc5)cc34)C2)cn1. The normalized spacial score (nSPS) is 17.2. The van der Waals surface area contributed by atoms with Crippen LogP contribution in [0.25, 0.3) is 20.7 Å². The lowest BCUT2D eigenvalue weighted by molar-refractivity contribution is 0.529. The largest absolute Gasteiger partial charge is 0.367 e. The molecule has 0 amide bonds. The molecule has 4 heterocycles. The molecule has 28 heavy (non-hydrogen) atoms. The highest BCUT2D eigenvalue weighted by Crippen LogP contribution is 2.35. The van der Waals surface area contributed by atoms with Gasteiger partial charge in [0.15, 0.2) is 0 Å². The maximum Gasteiger partial charge on any atom is 0.138 e. The number of hydrogen-bond donors (Lipinski definition) is 1. The monoisotopic (exact) mass is 390 g/mol. The fraction of sp³-hybridized carbons (Fsp3) is 0.286. The van der Waals surface area contributed by atoms with Gasteiger partial charge in [0, 0.05) is 37.3 Å². The molecule has 0 spiro atoms. The molecule has 0 bridgehead atoms. The number of aryl methyl sites for hydroxylation is 1. The minimum atomic E-state index is 0.354. The quantitative estimate of drug-likeness (QED) is 0.567. The van der Waals surface area contributed by atoms with Crippen molar-refractivity contribution in [2.24, 2.45) is 7.05 Å². The number of thiophene rings is 1. The Labute approximate surface area is 167 Å². The number of fused-ring (bicyclic) bond motifs is 1. The van der Waals surface area contributed by atoms with Crippen molar-refractivity contribution in [1.82, 2.24) is 19.7 Å². The molecule has 1 unspecified atom stereocenters. The van der Waals surface area contributed by atoms with Crippen molar-refractivity contribution in [1.29, 1.82) is 0 Å². The fourth-order valence-corrected chi connectivity index (χ4v) is 4.81. The second-order valence-corrected chi connectivity index (χ2v) is 8.25. The average molecular weight is 391 g/mol. The number of benzene rings is 1. The van der Waals surface area contributed by atoms with Gasteiger partial charge >= 0.3 is 0 Å². The van der Waals surface area contributed by atoms with E-state index in [0.29, 0.717) is 6.04 Å². The molecular formula is C21H22N6S. The first-order valence-corrected chi connectivity index (χ1v) is 10.4. The van der Waals surface area contributed by atoms with E-state index < -0.39 is 0 Å². The van der Waals surface area contributed by atoms with Crippen LogP contribution in [0.2, 0.25) is 0 Å². The van der Waals surface area contributed by atoms with Gasteiger partial charge in [0.25, 0.3) is 0 Å². The zero-order valence-electron chi connectivity index (χ0n) is 15.7. The van der Waals surface area contributed by atoms with Crippen LogP contribution in [-0.4, -0.2) is 38.9 Å². The lowest BCUT2D eigenvalue weighted by Crippen LogP contribution is -2.42. The van der Waals surface area contributed by atoms with Gasteiger partial charge in [-0.05, 0) is 24.5 Å². The van der Waals surface area contributed by atoms with Gasteiger partial charge in [0.2, 0.25) is 0 Å². The lowest BCUT2D eigenvalue weighted by Gasteiger charge is -2.34. The van der Waals surface area contributed by atoms with E-state index in [2.05, 4.69) is 61.8 Å². The first kappa shape index (κ1) is 17.2. The van der Waals surface area contributed by atoms with Gasteiger partial charge < -0.3 is 10.2 Å². The molecule has 1 aliphatic heterocycles. The van der Waals surface area contributed by atoms with E-state index in [-0.39, 0.29) is 0 Å². The zero-order chi connectivity index (χ0) is 18.9. The summed E-state index contributed by atoms with van der Waals surface area (Å²) in [6, 6.07) is 13.0. The van der Waals surface area contributed by atoms with Crippen molar-refractivity contribution in [3.05, 3.63) is 55.1 Å². The maximum absolute atomic E-state index is 4.56. The predicted molar refractivity (Wildman–Crippen MR) is 115 cm³/mol. The minimum absolute atomic E-state index is 0.354. The summed E-state index contributed by atoms with van der Waals surface area (Å²) in [5.41, 5.74) is 2.40. The summed E-state index contributed by atoms with van der Waals surface area (Å²) < 4.78 is 1.86. The molecule has 3 aromatic heterocycles. The first-order chi connectivity index (χ1) is 13.8. The molecule has 1 saturated heterocycles. The molecule has 1 fully saturated rings. The second kappa shape index (κ2) is 7.24. The molecule has 0 saturated carbocycles. The number of nitrogens with zero attached hydrogens (tertiary/aromatic N) is 5. The van der Waals surface area contributed by atoms with Gasteiger partial charge in [-0.3, -0.25) is 4.68 Å². The van der Waals surface area contributed by atoms with E-state index in [1.807, 2.05) is 24.0 Å². The fourth-order valence-electron chi connectivity index (χ4n) is 3.81. The molecule has 1 aromatic carbocycles. The molecule has 142 valence electrons.